The highest BCUT2D eigenvalue weighted by Gasteiger charge is 2.07. The second-order valence-corrected chi connectivity index (χ2v) is 6.41. The highest BCUT2D eigenvalue weighted by Crippen LogP contribution is 2.13. The van der Waals surface area contributed by atoms with E-state index in [1.807, 2.05) is 30.3 Å². The van der Waals surface area contributed by atoms with E-state index >= 15 is 0 Å². The summed E-state index contributed by atoms with van der Waals surface area (Å²) in [4.78, 5) is 28.2. The van der Waals surface area contributed by atoms with Crippen LogP contribution in [0.2, 0.25) is 5.02 Å². The van der Waals surface area contributed by atoms with Crippen molar-refractivity contribution in [2.24, 2.45) is 0 Å². The van der Waals surface area contributed by atoms with E-state index in [-0.39, 0.29) is 18.2 Å². The highest BCUT2D eigenvalue weighted by molar-refractivity contribution is 6.30. The zero-order valence-corrected chi connectivity index (χ0v) is 15.2. The molecule has 0 bridgehead atoms. The van der Waals surface area contributed by atoms with E-state index in [9.17, 15) is 9.59 Å². The number of anilines is 1. The Labute approximate surface area is 162 Å². The van der Waals surface area contributed by atoms with Gasteiger partial charge in [-0.3, -0.25) is 14.6 Å². The van der Waals surface area contributed by atoms with E-state index in [4.69, 9.17) is 11.6 Å². The first-order valence-corrected chi connectivity index (χ1v) is 8.79. The molecule has 0 saturated carbocycles. The van der Waals surface area contributed by atoms with Crippen LogP contribution >= 0.6 is 11.6 Å². The Balaban J connectivity index is 1.55. The van der Waals surface area contributed by atoms with Crippen LogP contribution in [0.3, 0.4) is 0 Å². The van der Waals surface area contributed by atoms with Crippen molar-refractivity contribution in [2.45, 2.75) is 13.0 Å². The van der Waals surface area contributed by atoms with Crippen LogP contribution in [0.5, 0.6) is 0 Å². The quantitative estimate of drug-likeness (QED) is 0.683. The number of rotatable bonds is 6. The number of hydrogen-bond acceptors (Lipinski definition) is 3. The normalized spacial score (nSPS) is 10.3. The number of carbonyl (C=O) groups excluding carboxylic acids is 2. The van der Waals surface area contributed by atoms with Gasteiger partial charge in [0.2, 0.25) is 5.91 Å². The molecule has 0 aliphatic heterocycles. The van der Waals surface area contributed by atoms with Crippen molar-refractivity contribution in [1.82, 2.24) is 10.3 Å². The Bertz CT molecular complexity index is 928. The molecule has 0 fully saturated rings. The van der Waals surface area contributed by atoms with Gasteiger partial charge in [0.15, 0.2) is 0 Å². The minimum absolute atomic E-state index is 0.0800. The summed E-state index contributed by atoms with van der Waals surface area (Å²) in [5, 5.41) is 6.36. The van der Waals surface area contributed by atoms with Crippen LogP contribution in [-0.4, -0.2) is 16.8 Å². The molecule has 0 aliphatic carbocycles. The number of carbonyl (C=O) groups is 2. The lowest BCUT2D eigenvalue weighted by atomic mass is 10.1. The van der Waals surface area contributed by atoms with Crippen molar-refractivity contribution in [1.29, 1.82) is 0 Å². The van der Waals surface area contributed by atoms with Crippen LogP contribution in [-0.2, 0) is 17.8 Å². The molecule has 0 radical (unpaired) electrons. The lowest BCUT2D eigenvalue weighted by Crippen LogP contribution is -2.24. The van der Waals surface area contributed by atoms with E-state index in [1.54, 1.807) is 42.7 Å². The number of hydrogen-bond donors (Lipinski definition) is 2. The maximum Gasteiger partial charge on any atom is 0.255 e. The Morgan fingerprint density at radius 1 is 0.926 bits per heavy atom. The summed E-state index contributed by atoms with van der Waals surface area (Å²) in [6.07, 6.45) is 3.43. The Kier molecular flexibility index (Phi) is 6.18. The van der Waals surface area contributed by atoms with Gasteiger partial charge in [0.25, 0.3) is 5.91 Å². The molecule has 2 amide bonds. The molecule has 27 heavy (non-hydrogen) atoms. The SMILES string of the molecule is O=C(Cc1ccc(Cl)cc1)NCc1cccc(NC(=O)c2ccncc2)c1. The minimum Gasteiger partial charge on any atom is -0.352 e. The largest absolute Gasteiger partial charge is 0.352 e. The monoisotopic (exact) mass is 379 g/mol. The predicted octanol–water partition coefficient (Wildman–Crippen LogP) is 3.85. The maximum absolute atomic E-state index is 12.2. The first-order valence-electron chi connectivity index (χ1n) is 8.41. The van der Waals surface area contributed by atoms with E-state index in [0.29, 0.717) is 22.8 Å². The Morgan fingerprint density at radius 3 is 2.41 bits per heavy atom. The number of nitrogens with one attached hydrogen (secondary N) is 2. The van der Waals surface area contributed by atoms with Gasteiger partial charge >= 0.3 is 0 Å². The molecular weight excluding hydrogens is 362 g/mol. The average molecular weight is 380 g/mol. The maximum atomic E-state index is 12.2. The summed E-state index contributed by atoms with van der Waals surface area (Å²) >= 11 is 5.85. The molecule has 0 atom stereocenters. The van der Waals surface area contributed by atoms with Gasteiger partial charge in [-0.2, -0.15) is 0 Å². The van der Waals surface area contributed by atoms with Crippen molar-refractivity contribution in [3.8, 4) is 0 Å². The van der Waals surface area contributed by atoms with Crippen molar-refractivity contribution in [3.05, 3.63) is 94.8 Å². The van der Waals surface area contributed by atoms with Crippen LogP contribution in [0.15, 0.2) is 73.1 Å². The topological polar surface area (TPSA) is 71.1 Å². The summed E-state index contributed by atoms with van der Waals surface area (Å²) < 4.78 is 0. The fourth-order valence-electron chi connectivity index (χ4n) is 2.52. The summed E-state index contributed by atoms with van der Waals surface area (Å²) in [5.74, 6) is -0.287. The van der Waals surface area contributed by atoms with E-state index in [2.05, 4.69) is 15.6 Å². The molecule has 1 heterocycles. The number of amides is 2. The molecule has 0 aliphatic rings. The molecule has 2 N–H and O–H groups in total. The van der Waals surface area contributed by atoms with Crippen molar-refractivity contribution < 1.29 is 9.59 Å². The van der Waals surface area contributed by atoms with Gasteiger partial charge in [0.1, 0.15) is 0 Å². The molecule has 1 aromatic heterocycles. The standard InChI is InChI=1S/C21H18ClN3O2/c22-18-6-4-15(5-7-18)13-20(26)24-14-16-2-1-3-19(12-16)25-21(27)17-8-10-23-11-9-17/h1-12H,13-14H2,(H,24,26)(H,25,27). The fourth-order valence-corrected chi connectivity index (χ4v) is 2.64. The smallest absolute Gasteiger partial charge is 0.255 e. The van der Waals surface area contributed by atoms with Crippen molar-refractivity contribution in [3.63, 3.8) is 0 Å². The van der Waals surface area contributed by atoms with Crippen LogP contribution in [0, 0.1) is 0 Å². The average Bonchev–Trinajstić information content (AvgIpc) is 2.69. The number of halogens is 1. The molecule has 5 nitrogen and oxygen atoms in total. The van der Waals surface area contributed by atoms with Crippen LogP contribution in [0.4, 0.5) is 5.69 Å². The molecule has 0 saturated heterocycles. The van der Waals surface area contributed by atoms with E-state index in [0.717, 1.165) is 11.1 Å². The number of nitrogens with zero attached hydrogens (tertiary/aromatic N) is 1. The van der Waals surface area contributed by atoms with Gasteiger partial charge < -0.3 is 10.6 Å². The Hall–Kier alpha value is -3.18. The Morgan fingerprint density at radius 2 is 1.67 bits per heavy atom. The molecule has 136 valence electrons. The summed E-state index contributed by atoms with van der Waals surface area (Å²) in [5.41, 5.74) is 3.00. The lowest BCUT2D eigenvalue weighted by molar-refractivity contribution is -0.120. The molecule has 3 aromatic rings. The molecule has 6 heteroatoms. The molecule has 0 spiro atoms. The molecular formula is C21H18ClN3O2. The zero-order valence-electron chi connectivity index (χ0n) is 14.5. The van der Waals surface area contributed by atoms with Crippen molar-refractivity contribution in [2.75, 3.05) is 5.32 Å². The molecule has 0 unspecified atom stereocenters. The second kappa shape index (κ2) is 8.96. The van der Waals surface area contributed by atoms with Crippen molar-refractivity contribution >= 4 is 29.1 Å². The molecule has 2 aromatic carbocycles. The number of pyridine rings is 1. The first-order chi connectivity index (χ1) is 13.1. The zero-order chi connectivity index (χ0) is 19.1. The fraction of sp³-hybridized carbons (Fsp3) is 0.0952. The minimum atomic E-state index is -0.207. The van der Waals surface area contributed by atoms with Gasteiger partial charge in [-0.15, -0.1) is 0 Å². The van der Waals surface area contributed by atoms with Gasteiger partial charge in [0.05, 0.1) is 6.42 Å². The summed E-state index contributed by atoms with van der Waals surface area (Å²) in [6, 6.07) is 17.9. The first kappa shape index (κ1) is 18.6. The predicted molar refractivity (Wildman–Crippen MR) is 106 cm³/mol. The number of benzene rings is 2. The van der Waals surface area contributed by atoms with Crippen LogP contribution < -0.4 is 10.6 Å². The third-order valence-corrected chi connectivity index (χ3v) is 4.15. The van der Waals surface area contributed by atoms with Gasteiger partial charge in [0, 0.05) is 35.2 Å². The highest BCUT2D eigenvalue weighted by atomic mass is 35.5. The molecule has 3 rings (SSSR count). The lowest BCUT2D eigenvalue weighted by Gasteiger charge is -2.09. The third-order valence-electron chi connectivity index (χ3n) is 3.89. The summed E-state index contributed by atoms with van der Waals surface area (Å²) in [6.45, 7) is 0.380. The van der Waals surface area contributed by atoms with E-state index < -0.39 is 0 Å². The third kappa shape index (κ3) is 5.66. The van der Waals surface area contributed by atoms with Crippen LogP contribution in [0.25, 0.3) is 0 Å². The second-order valence-electron chi connectivity index (χ2n) is 5.97. The van der Waals surface area contributed by atoms with Gasteiger partial charge in [-0.05, 0) is 47.5 Å². The van der Waals surface area contributed by atoms with E-state index in [1.165, 1.54) is 0 Å². The summed E-state index contributed by atoms with van der Waals surface area (Å²) in [7, 11) is 0. The van der Waals surface area contributed by atoms with Crippen LogP contribution in [0.1, 0.15) is 21.5 Å². The van der Waals surface area contributed by atoms with Gasteiger partial charge in [-0.25, -0.2) is 0 Å². The van der Waals surface area contributed by atoms with Gasteiger partial charge in [-0.1, -0.05) is 35.9 Å². The number of aromatic nitrogens is 1.